The minimum absolute atomic E-state index is 0.158. The zero-order valence-electron chi connectivity index (χ0n) is 10.9. The first-order valence-electron chi connectivity index (χ1n) is 6.33. The van der Waals surface area contributed by atoms with E-state index in [1.165, 1.54) is 4.90 Å². The number of aliphatic hydroxyl groups excluding tert-OH is 2. The molecule has 3 N–H and O–H groups in total. The van der Waals surface area contributed by atoms with Crippen LogP contribution in [0.1, 0.15) is 13.3 Å². The Labute approximate surface area is 114 Å². The van der Waals surface area contributed by atoms with Crippen LogP contribution in [0.3, 0.4) is 0 Å². The highest BCUT2D eigenvalue weighted by Gasteiger charge is 2.33. The molecule has 20 heavy (non-hydrogen) atoms. The van der Waals surface area contributed by atoms with E-state index in [-0.39, 0.29) is 18.1 Å². The molecule has 1 amide bonds. The van der Waals surface area contributed by atoms with Crippen molar-refractivity contribution in [3.05, 3.63) is 23.8 Å². The summed E-state index contributed by atoms with van der Waals surface area (Å²) in [5.41, 5.74) is 0.451. The van der Waals surface area contributed by atoms with Crippen molar-refractivity contribution in [3.8, 4) is 0 Å². The molecular formula is C13H16F2N2O3. The maximum Gasteiger partial charge on any atom is 0.249 e. The number of nitrogens with zero attached hydrogens (tertiary/aromatic N) is 1. The number of hydrogen-bond donors (Lipinski definition) is 3. The van der Waals surface area contributed by atoms with Gasteiger partial charge in [-0.25, -0.2) is 8.78 Å². The lowest BCUT2D eigenvalue weighted by atomic mass is 10.1. The largest absolute Gasteiger partial charge is 0.394 e. The predicted molar refractivity (Wildman–Crippen MR) is 69.5 cm³/mol. The summed E-state index contributed by atoms with van der Waals surface area (Å²) in [5, 5.41) is 21.2. The third kappa shape index (κ3) is 2.59. The summed E-state index contributed by atoms with van der Waals surface area (Å²) in [7, 11) is 0. The fraction of sp³-hybridized carbons (Fsp3) is 0.462. The second-order valence-electron chi connectivity index (χ2n) is 4.67. The standard InChI is InChI=1S/C13H16F2N2O3/c1-2-10-13(20)17(5-7(19)6-18)12-4-9(15)8(14)3-11(12)16-10/h3-4,7,10,16,18-19H,2,5-6H2,1H3. The number of rotatable bonds is 4. The number of β-amino-alcohol motifs (C(OH)–C–C–N with tert-alkyl or cyclic N) is 1. The summed E-state index contributed by atoms with van der Waals surface area (Å²) in [5.74, 6) is -2.43. The number of fused-ring (bicyclic) bond motifs is 1. The van der Waals surface area contributed by atoms with E-state index in [1.54, 1.807) is 6.92 Å². The molecule has 0 bridgehead atoms. The Kier molecular flexibility index (Phi) is 4.20. The van der Waals surface area contributed by atoms with Gasteiger partial charge in [0.15, 0.2) is 11.6 Å². The number of nitrogens with one attached hydrogen (secondary N) is 1. The Balaban J connectivity index is 2.44. The summed E-state index contributed by atoms with van der Waals surface area (Å²) >= 11 is 0. The summed E-state index contributed by atoms with van der Waals surface area (Å²) in [6.07, 6.45) is -0.682. The van der Waals surface area contributed by atoms with Crippen molar-refractivity contribution in [1.82, 2.24) is 0 Å². The van der Waals surface area contributed by atoms with Crippen molar-refractivity contribution in [2.45, 2.75) is 25.5 Å². The molecular weight excluding hydrogens is 270 g/mol. The van der Waals surface area contributed by atoms with Crippen molar-refractivity contribution in [2.24, 2.45) is 0 Å². The maximum absolute atomic E-state index is 13.4. The van der Waals surface area contributed by atoms with Gasteiger partial charge in [-0.3, -0.25) is 4.79 Å². The van der Waals surface area contributed by atoms with Gasteiger partial charge in [0.05, 0.1) is 30.6 Å². The smallest absolute Gasteiger partial charge is 0.249 e. The molecule has 0 radical (unpaired) electrons. The fourth-order valence-corrected chi connectivity index (χ4v) is 2.17. The zero-order chi connectivity index (χ0) is 14.9. The number of anilines is 2. The molecule has 2 rings (SSSR count). The molecule has 1 aromatic rings. The highest BCUT2D eigenvalue weighted by molar-refractivity contribution is 6.04. The lowest BCUT2D eigenvalue weighted by molar-refractivity contribution is -0.120. The number of benzene rings is 1. The van der Waals surface area contributed by atoms with E-state index < -0.39 is 30.4 Å². The third-order valence-electron chi connectivity index (χ3n) is 3.24. The summed E-state index contributed by atoms with van der Waals surface area (Å²) in [6, 6.07) is 1.32. The Hall–Kier alpha value is -1.73. The molecule has 2 unspecified atom stereocenters. The topological polar surface area (TPSA) is 72.8 Å². The SMILES string of the molecule is CCC1Nc2cc(F)c(F)cc2N(CC(O)CO)C1=O. The van der Waals surface area contributed by atoms with Crippen LogP contribution < -0.4 is 10.2 Å². The first-order valence-corrected chi connectivity index (χ1v) is 6.33. The highest BCUT2D eigenvalue weighted by atomic mass is 19.2. The number of carbonyl (C=O) groups is 1. The molecule has 1 heterocycles. The zero-order valence-corrected chi connectivity index (χ0v) is 10.9. The second-order valence-corrected chi connectivity index (χ2v) is 4.67. The maximum atomic E-state index is 13.4. The molecule has 0 saturated carbocycles. The molecule has 5 nitrogen and oxygen atoms in total. The van der Waals surface area contributed by atoms with Gasteiger partial charge in [-0.05, 0) is 6.42 Å². The molecule has 7 heteroatoms. The van der Waals surface area contributed by atoms with Crippen LogP contribution in [0.25, 0.3) is 0 Å². The highest BCUT2D eigenvalue weighted by Crippen LogP contribution is 2.34. The van der Waals surface area contributed by atoms with Gasteiger partial charge >= 0.3 is 0 Å². The van der Waals surface area contributed by atoms with E-state index in [0.29, 0.717) is 12.1 Å². The number of halogens is 2. The van der Waals surface area contributed by atoms with Crippen LogP contribution in [-0.4, -0.2) is 41.4 Å². The van der Waals surface area contributed by atoms with Gasteiger partial charge in [0.2, 0.25) is 5.91 Å². The van der Waals surface area contributed by atoms with E-state index >= 15 is 0 Å². The number of carbonyl (C=O) groups excluding carboxylic acids is 1. The fourth-order valence-electron chi connectivity index (χ4n) is 2.17. The van der Waals surface area contributed by atoms with Gasteiger partial charge in [0.1, 0.15) is 6.04 Å². The van der Waals surface area contributed by atoms with Crippen LogP contribution in [0.5, 0.6) is 0 Å². The number of hydrogen-bond acceptors (Lipinski definition) is 4. The molecule has 0 spiro atoms. The van der Waals surface area contributed by atoms with Gasteiger partial charge in [-0.2, -0.15) is 0 Å². The van der Waals surface area contributed by atoms with E-state index in [9.17, 15) is 18.7 Å². The quantitative estimate of drug-likeness (QED) is 0.767. The van der Waals surface area contributed by atoms with Gasteiger partial charge < -0.3 is 20.4 Å². The molecule has 1 aromatic carbocycles. The molecule has 0 saturated heterocycles. The van der Waals surface area contributed by atoms with Crippen molar-refractivity contribution in [2.75, 3.05) is 23.4 Å². The lowest BCUT2D eigenvalue weighted by Crippen LogP contribution is -2.50. The van der Waals surface area contributed by atoms with E-state index in [1.807, 2.05) is 0 Å². The van der Waals surface area contributed by atoms with Crippen LogP contribution in [0, 0.1) is 11.6 Å². The Morgan fingerprint density at radius 2 is 2.05 bits per heavy atom. The average Bonchev–Trinajstić information content (AvgIpc) is 2.43. The van der Waals surface area contributed by atoms with Gasteiger partial charge in [-0.1, -0.05) is 6.92 Å². The predicted octanol–water partition coefficient (Wildman–Crippen LogP) is 0.855. The Bertz CT molecular complexity index is 525. The van der Waals surface area contributed by atoms with Crippen molar-refractivity contribution >= 4 is 17.3 Å². The molecule has 1 aliphatic rings. The van der Waals surface area contributed by atoms with Crippen molar-refractivity contribution in [3.63, 3.8) is 0 Å². The van der Waals surface area contributed by atoms with Crippen molar-refractivity contribution < 1.29 is 23.8 Å². The van der Waals surface area contributed by atoms with Crippen LogP contribution >= 0.6 is 0 Å². The molecule has 0 fully saturated rings. The van der Waals surface area contributed by atoms with Gasteiger partial charge in [0.25, 0.3) is 0 Å². The van der Waals surface area contributed by atoms with E-state index in [4.69, 9.17) is 5.11 Å². The normalized spacial score (nSPS) is 19.6. The van der Waals surface area contributed by atoms with E-state index in [0.717, 1.165) is 12.1 Å². The summed E-state index contributed by atoms with van der Waals surface area (Å²) in [6.45, 7) is 1.08. The summed E-state index contributed by atoms with van der Waals surface area (Å²) in [4.78, 5) is 13.4. The first-order chi connectivity index (χ1) is 9.47. The lowest BCUT2D eigenvalue weighted by Gasteiger charge is -2.36. The van der Waals surface area contributed by atoms with Gasteiger partial charge in [-0.15, -0.1) is 0 Å². The molecule has 0 aromatic heterocycles. The van der Waals surface area contributed by atoms with Crippen LogP contribution in [0.15, 0.2) is 12.1 Å². The monoisotopic (exact) mass is 286 g/mol. The van der Waals surface area contributed by atoms with Crippen LogP contribution in [0.2, 0.25) is 0 Å². The van der Waals surface area contributed by atoms with Crippen molar-refractivity contribution in [1.29, 1.82) is 0 Å². The average molecular weight is 286 g/mol. The minimum Gasteiger partial charge on any atom is -0.394 e. The Morgan fingerprint density at radius 3 is 2.65 bits per heavy atom. The van der Waals surface area contributed by atoms with E-state index in [2.05, 4.69) is 5.32 Å². The van der Waals surface area contributed by atoms with Crippen LogP contribution in [0.4, 0.5) is 20.2 Å². The molecule has 0 aliphatic carbocycles. The first kappa shape index (κ1) is 14.7. The molecule has 2 atom stereocenters. The number of amides is 1. The molecule has 1 aliphatic heterocycles. The third-order valence-corrected chi connectivity index (χ3v) is 3.24. The van der Waals surface area contributed by atoms with Gasteiger partial charge in [0, 0.05) is 12.1 Å². The molecule has 110 valence electrons. The Morgan fingerprint density at radius 1 is 1.40 bits per heavy atom. The van der Waals surface area contributed by atoms with Crippen LogP contribution in [-0.2, 0) is 4.79 Å². The summed E-state index contributed by atoms with van der Waals surface area (Å²) < 4.78 is 26.6. The minimum atomic E-state index is -1.14. The number of aliphatic hydroxyl groups is 2. The second kappa shape index (κ2) is 5.72.